The van der Waals surface area contributed by atoms with E-state index in [4.69, 9.17) is 4.74 Å². The van der Waals surface area contributed by atoms with Crippen LogP contribution in [-0.2, 0) is 0 Å². The Labute approximate surface area is 97.4 Å². The second-order valence-corrected chi connectivity index (χ2v) is 4.03. The smallest absolute Gasteiger partial charge is 0.119 e. The van der Waals surface area contributed by atoms with Gasteiger partial charge in [-0.1, -0.05) is 0 Å². The summed E-state index contributed by atoms with van der Waals surface area (Å²) in [6.45, 7) is 6.58. The zero-order valence-electron chi connectivity index (χ0n) is 9.46. The fourth-order valence-electron chi connectivity index (χ4n) is 2.19. The fraction of sp³-hybridized carbons (Fsp3) is 0.500. The summed E-state index contributed by atoms with van der Waals surface area (Å²) < 4.78 is 5.25. The predicted octanol–water partition coefficient (Wildman–Crippen LogP) is 2.42. The molecule has 0 saturated carbocycles. The maximum atomic E-state index is 5.25. The molecule has 0 unspecified atom stereocenters. The Bertz CT molecular complexity index is 324. The van der Waals surface area contributed by atoms with E-state index in [1.54, 1.807) is 7.11 Å². The summed E-state index contributed by atoms with van der Waals surface area (Å²) in [5.74, 6) is 1.68. The summed E-state index contributed by atoms with van der Waals surface area (Å²) in [5.41, 5.74) is 4.21. The molecule has 0 bridgehead atoms. The van der Waals surface area contributed by atoms with Gasteiger partial charge >= 0.3 is 0 Å². The van der Waals surface area contributed by atoms with E-state index in [-0.39, 0.29) is 12.4 Å². The number of nitrogens with one attached hydrogen (secondary N) is 1. The summed E-state index contributed by atoms with van der Waals surface area (Å²) >= 11 is 0. The SMILES string of the molecule is COc1cc(C)c(C2CNC2)c(C)c1.Cl. The number of ether oxygens (including phenoxy) is 1. The Morgan fingerprint density at radius 1 is 1.20 bits per heavy atom. The van der Waals surface area contributed by atoms with Gasteiger partial charge in [-0.05, 0) is 42.7 Å². The minimum atomic E-state index is 0. The van der Waals surface area contributed by atoms with Crippen LogP contribution in [0.1, 0.15) is 22.6 Å². The van der Waals surface area contributed by atoms with E-state index in [1.165, 1.54) is 16.7 Å². The van der Waals surface area contributed by atoms with Crippen molar-refractivity contribution in [2.24, 2.45) is 0 Å². The van der Waals surface area contributed by atoms with Crippen molar-refractivity contribution in [2.45, 2.75) is 19.8 Å². The van der Waals surface area contributed by atoms with Crippen molar-refractivity contribution >= 4 is 12.4 Å². The molecule has 1 saturated heterocycles. The van der Waals surface area contributed by atoms with Crippen LogP contribution in [0.15, 0.2) is 12.1 Å². The third-order valence-electron chi connectivity index (χ3n) is 2.99. The highest BCUT2D eigenvalue weighted by Gasteiger charge is 2.22. The first-order valence-electron chi connectivity index (χ1n) is 5.08. The average molecular weight is 228 g/mol. The van der Waals surface area contributed by atoms with Crippen LogP contribution in [-0.4, -0.2) is 20.2 Å². The lowest BCUT2D eigenvalue weighted by atomic mass is 9.87. The summed E-state index contributed by atoms with van der Waals surface area (Å²) in [4.78, 5) is 0. The molecule has 1 aliphatic rings. The van der Waals surface area contributed by atoms with Crippen LogP contribution in [0.2, 0.25) is 0 Å². The minimum absolute atomic E-state index is 0. The quantitative estimate of drug-likeness (QED) is 0.838. The number of methoxy groups -OCH3 is 1. The first-order valence-corrected chi connectivity index (χ1v) is 5.08. The van der Waals surface area contributed by atoms with E-state index < -0.39 is 0 Å². The Kier molecular flexibility index (Phi) is 4.00. The molecular formula is C12H18ClNO. The van der Waals surface area contributed by atoms with Crippen LogP contribution in [0.4, 0.5) is 0 Å². The summed E-state index contributed by atoms with van der Waals surface area (Å²) in [7, 11) is 1.72. The van der Waals surface area contributed by atoms with Gasteiger partial charge in [0.05, 0.1) is 7.11 Å². The van der Waals surface area contributed by atoms with Crippen LogP contribution in [0.5, 0.6) is 5.75 Å². The lowest BCUT2D eigenvalue weighted by Crippen LogP contribution is -2.40. The molecule has 2 rings (SSSR count). The molecule has 0 atom stereocenters. The van der Waals surface area contributed by atoms with Crippen LogP contribution in [0, 0.1) is 13.8 Å². The standard InChI is InChI=1S/C12H17NO.ClH/c1-8-4-11(14-3)5-9(2)12(8)10-6-13-7-10;/h4-5,10,13H,6-7H2,1-3H3;1H. The first-order chi connectivity index (χ1) is 6.72. The second-order valence-electron chi connectivity index (χ2n) is 4.03. The van der Waals surface area contributed by atoms with E-state index in [0.717, 1.165) is 18.8 Å². The van der Waals surface area contributed by atoms with Gasteiger partial charge in [0.2, 0.25) is 0 Å². The lowest BCUT2D eigenvalue weighted by molar-refractivity contribution is 0.411. The van der Waals surface area contributed by atoms with Crippen LogP contribution in [0.25, 0.3) is 0 Å². The number of benzene rings is 1. The van der Waals surface area contributed by atoms with Gasteiger partial charge in [-0.25, -0.2) is 0 Å². The number of rotatable bonds is 2. The molecule has 15 heavy (non-hydrogen) atoms. The maximum Gasteiger partial charge on any atom is 0.119 e. The van der Waals surface area contributed by atoms with Crippen molar-refractivity contribution in [3.8, 4) is 5.75 Å². The fourth-order valence-corrected chi connectivity index (χ4v) is 2.19. The molecular weight excluding hydrogens is 210 g/mol. The molecule has 0 aliphatic carbocycles. The van der Waals surface area contributed by atoms with Crippen molar-refractivity contribution in [1.82, 2.24) is 5.32 Å². The zero-order chi connectivity index (χ0) is 10.1. The molecule has 1 N–H and O–H groups in total. The minimum Gasteiger partial charge on any atom is -0.497 e. The van der Waals surface area contributed by atoms with Gasteiger partial charge in [-0.2, -0.15) is 0 Å². The Balaban J connectivity index is 0.00000112. The molecule has 3 heteroatoms. The van der Waals surface area contributed by atoms with Crippen molar-refractivity contribution in [2.75, 3.05) is 20.2 Å². The molecule has 1 heterocycles. The van der Waals surface area contributed by atoms with E-state index in [0.29, 0.717) is 5.92 Å². The van der Waals surface area contributed by atoms with Crippen molar-refractivity contribution in [1.29, 1.82) is 0 Å². The molecule has 1 aliphatic heterocycles. The van der Waals surface area contributed by atoms with Crippen molar-refractivity contribution in [3.05, 3.63) is 28.8 Å². The normalized spacial score (nSPS) is 15.4. The highest BCUT2D eigenvalue weighted by molar-refractivity contribution is 5.85. The Morgan fingerprint density at radius 3 is 2.07 bits per heavy atom. The van der Waals surface area contributed by atoms with Crippen LogP contribution in [0.3, 0.4) is 0 Å². The molecule has 0 aromatic heterocycles. The first kappa shape index (κ1) is 12.3. The number of aryl methyl sites for hydroxylation is 2. The van der Waals surface area contributed by atoms with Gasteiger partial charge in [-0.3, -0.25) is 0 Å². The molecule has 1 fully saturated rings. The van der Waals surface area contributed by atoms with E-state index >= 15 is 0 Å². The molecule has 2 nitrogen and oxygen atoms in total. The average Bonchev–Trinajstić information content (AvgIpc) is 2.07. The number of hydrogen-bond acceptors (Lipinski definition) is 2. The highest BCUT2D eigenvalue weighted by atomic mass is 35.5. The molecule has 0 amide bonds. The Morgan fingerprint density at radius 2 is 1.73 bits per heavy atom. The van der Waals surface area contributed by atoms with Crippen LogP contribution >= 0.6 is 12.4 Å². The second kappa shape index (κ2) is 4.86. The third-order valence-corrected chi connectivity index (χ3v) is 2.99. The zero-order valence-corrected chi connectivity index (χ0v) is 10.3. The van der Waals surface area contributed by atoms with Crippen molar-refractivity contribution < 1.29 is 4.74 Å². The molecule has 0 spiro atoms. The molecule has 0 radical (unpaired) electrons. The summed E-state index contributed by atoms with van der Waals surface area (Å²) in [6, 6.07) is 4.25. The Hall–Kier alpha value is -0.730. The van der Waals surface area contributed by atoms with Gasteiger partial charge in [0.25, 0.3) is 0 Å². The van der Waals surface area contributed by atoms with Gasteiger partial charge in [0.15, 0.2) is 0 Å². The van der Waals surface area contributed by atoms with Crippen molar-refractivity contribution in [3.63, 3.8) is 0 Å². The van der Waals surface area contributed by atoms with E-state index in [1.807, 2.05) is 0 Å². The van der Waals surface area contributed by atoms with E-state index in [2.05, 4.69) is 31.3 Å². The lowest BCUT2D eigenvalue weighted by Gasteiger charge is -2.30. The molecule has 1 aromatic rings. The molecule has 1 aromatic carbocycles. The topological polar surface area (TPSA) is 21.3 Å². The number of halogens is 1. The highest BCUT2D eigenvalue weighted by Crippen LogP contribution is 2.30. The van der Waals surface area contributed by atoms with Gasteiger partial charge in [0.1, 0.15) is 5.75 Å². The molecule has 84 valence electrons. The number of hydrogen-bond donors (Lipinski definition) is 1. The predicted molar refractivity (Wildman–Crippen MR) is 65.3 cm³/mol. The van der Waals surface area contributed by atoms with Gasteiger partial charge < -0.3 is 10.1 Å². The van der Waals surface area contributed by atoms with Gasteiger partial charge in [0, 0.05) is 19.0 Å². The maximum absolute atomic E-state index is 5.25. The monoisotopic (exact) mass is 227 g/mol. The summed E-state index contributed by atoms with van der Waals surface area (Å²) in [5, 5.41) is 3.31. The van der Waals surface area contributed by atoms with Gasteiger partial charge in [-0.15, -0.1) is 12.4 Å². The third kappa shape index (κ3) is 2.27. The largest absolute Gasteiger partial charge is 0.497 e. The van der Waals surface area contributed by atoms with Crippen LogP contribution < -0.4 is 10.1 Å². The van der Waals surface area contributed by atoms with E-state index in [9.17, 15) is 0 Å². The summed E-state index contributed by atoms with van der Waals surface area (Å²) in [6.07, 6.45) is 0.